The average molecular weight is 960 g/mol. The van der Waals surface area contributed by atoms with Gasteiger partial charge in [0.05, 0.1) is 56.2 Å². The third-order valence-electron chi connectivity index (χ3n) is 10.2. The van der Waals surface area contributed by atoms with Crippen molar-refractivity contribution in [3.63, 3.8) is 0 Å². The molecule has 1 fully saturated rings. The number of aryl methyl sites for hydroxylation is 1. The molecule has 9 rings (SSSR count). The summed E-state index contributed by atoms with van der Waals surface area (Å²) in [4.78, 5) is 24.9. The minimum Gasteiger partial charge on any atom is -0.496 e. The molecule has 6 aromatic rings. The second-order valence-corrected chi connectivity index (χ2v) is 16.2. The normalized spacial score (nSPS) is 18.0. The molecule has 0 bridgehead atoms. The zero-order valence-corrected chi connectivity index (χ0v) is 36.6. The number of nitrogens with zero attached hydrogens (tertiary/aromatic N) is 4. The van der Waals surface area contributed by atoms with Gasteiger partial charge in [0, 0.05) is 40.4 Å². The van der Waals surface area contributed by atoms with Crippen LogP contribution in [0, 0.1) is 0 Å². The zero-order chi connectivity index (χ0) is 39.9. The Balaban J connectivity index is 0.000000134. The van der Waals surface area contributed by atoms with E-state index in [2.05, 4.69) is 98.3 Å². The van der Waals surface area contributed by atoms with E-state index in [1.165, 1.54) is 16.9 Å². The molecule has 0 aliphatic carbocycles. The van der Waals surface area contributed by atoms with Gasteiger partial charge in [-0.3, -0.25) is 9.79 Å². The molecule has 57 heavy (non-hydrogen) atoms. The molecule has 0 saturated carbocycles. The molecule has 13 heteroatoms. The molecule has 2 N–H and O–H groups in total. The second-order valence-electron chi connectivity index (χ2n) is 13.7. The fourth-order valence-corrected chi connectivity index (χ4v) is 8.90. The van der Waals surface area contributed by atoms with Crippen LogP contribution in [0.15, 0.2) is 122 Å². The maximum Gasteiger partial charge on any atom is 0.220 e. The van der Waals surface area contributed by atoms with E-state index in [0.717, 1.165) is 91.2 Å². The van der Waals surface area contributed by atoms with Crippen LogP contribution in [0.4, 0.5) is 5.69 Å². The Bertz CT molecular complexity index is 2400. The van der Waals surface area contributed by atoms with Gasteiger partial charge in [-0.1, -0.05) is 70.5 Å². The predicted octanol–water partition coefficient (Wildman–Crippen LogP) is 10.9. The Morgan fingerprint density at radius 3 is 2.02 bits per heavy atom. The molecule has 10 nitrogen and oxygen atoms in total. The average Bonchev–Trinajstić information content (AvgIpc) is 4.05. The van der Waals surface area contributed by atoms with Crippen molar-refractivity contribution in [2.45, 2.75) is 56.7 Å². The van der Waals surface area contributed by atoms with Gasteiger partial charge in [0.25, 0.3) is 0 Å². The number of benzene rings is 4. The van der Waals surface area contributed by atoms with Crippen LogP contribution in [0.3, 0.4) is 0 Å². The van der Waals surface area contributed by atoms with E-state index < -0.39 is 0 Å². The van der Waals surface area contributed by atoms with Gasteiger partial charge in [-0.25, -0.2) is 9.97 Å². The number of amidine groups is 1. The number of imidazole rings is 1. The first-order valence-electron chi connectivity index (χ1n) is 18.8. The molecule has 3 aliphatic rings. The Morgan fingerprint density at radius 2 is 1.35 bits per heavy atom. The van der Waals surface area contributed by atoms with Crippen molar-refractivity contribution in [1.82, 2.24) is 19.9 Å². The zero-order valence-electron chi connectivity index (χ0n) is 31.8. The monoisotopic (exact) mass is 956 g/mol. The molecular formula is C44H43Br3N6O4. The number of halogens is 3. The van der Waals surface area contributed by atoms with Gasteiger partial charge >= 0.3 is 0 Å². The van der Waals surface area contributed by atoms with Crippen LogP contribution in [-0.2, 0) is 11.2 Å². The predicted molar refractivity (Wildman–Crippen MR) is 236 cm³/mol. The number of aliphatic imine (C=N–C) groups is 1. The van der Waals surface area contributed by atoms with Crippen LogP contribution >= 0.6 is 47.8 Å². The minimum atomic E-state index is 0.124. The molecule has 1 amide bonds. The van der Waals surface area contributed by atoms with Crippen LogP contribution in [0.1, 0.15) is 72.7 Å². The molecule has 0 spiro atoms. The smallest absolute Gasteiger partial charge is 0.220 e. The van der Waals surface area contributed by atoms with Crippen molar-refractivity contribution in [1.29, 1.82) is 0 Å². The minimum absolute atomic E-state index is 0.124. The van der Waals surface area contributed by atoms with Gasteiger partial charge in [-0.05, 0) is 99.7 Å². The van der Waals surface area contributed by atoms with Gasteiger partial charge in [-0.15, -0.1) is 0 Å². The van der Waals surface area contributed by atoms with E-state index in [0.29, 0.717) is 12.5 Å². The van der Waals surface area contributed by atoms with Crippen molar-refractivity contribution < 1.29 is 19.0 Å². The van der Waals surface area contributed by atoms with Crippen LogP contribution in [-0.4, -0.2) is 47.6 Å². The van der Waals surface area contributed by atoms with Crippen LogP contribution in [0.5, 0.6) is 17.2 Å². The lowest BCUT2D eigenvalue weighted by atomic mass is 10.0. The number of carbonyl (C=O) groups is 1. The molecular weight excluding hydrogens is 916 g/mol. The molecule has 4 aromatic carbocycles. The van der Waals surface area contributed by atoms with Crippen LogP contribution in [0.25, 0.3) is 11.0 Å². The fourth-order valence-electron chi connectivity index (χ4n) is 7.59. The van der Waals surface area contributed by atoms with E-state index in [1.54, 1.807) is 21.3 Å². The lowest BCUT2D eigenvalue weighted by molar-refractivity contribution is -0.119. The number of ether oxygens (including phenoxy) is 3. The SMILES string of the molecule is COc1ccccc1C1CCC(=O)N1.COc1ccccc1C1CCC(Nc2ccc(Br)nc2Br)=N1.COc1ccccc1C1CCc2nc3ccc(Br)cc3n21. The summed E-state index contributed by atoms with van der Waals surface area (Å²) in [7, 11) is 5.08. The number of amides is 1. The first kappa shape index (κ1) is 40.5. The molecule has 0 radical (unpaired) electrons. The molecule has 1 saturated heterocycles. The molecule has 5 heterocycles. The number of aromatic nitrogens is 3. The molecule has 3 atom stereocenters. The summed E-state index contributed by atoms with van der Waals surface area (Å²) in [6.45, 7) is 0. The molecule has 3 aliphatic heterocycles. The fraction of sp³-hybridized carbons (Fsp3) is 0.273. The maximum atomic E-state index is 11.1. The van der Waals surface area contributed by atoms with Crippen LogP contribution in [0.2, 0.25) is 0 Å². The number of para-hydroxylation sites is 3. The molecule has 3 unspecified atom stereocenters. The van der Waals surface area contributed by atoms with E-state index in [-0.39, 0.29) is 18.0 Å². The highest BCUT2D eigenvalue weighted by Crippen LogP contribution is 2.40. The number of methoxy groups -OCH3 is 3. The first-order chi connectivity index (χ1) is 27.8. The number of hydrogen-bond acceptors (Lipinski definition) is 8. The van der Waals surface area contributed by atoms with Crippen LogP contribution < -0.4 is 24.8 Å². The number of pyridine rings is 1. The van der Waals surface area contributed by atoms with Gasteiger partial charge in [0.15, 0.2) is 0 Å². The number of hydrogen-bond donors (Lipinski definition) is 2. The summed E-state index contributed by atoms with van der Waals surface area (Å²) in [5, 5.41) is 6.28. The second kappa shape index (κ2) is 18.7. The highest BCUT2D eigenvalue weighted by Gasteiger charge is 2.29. The number of anilines is 1. The topological polar surface area (TPSA) is 112 Å². The van der Waals surface area contributed by atoms with Crippen molar-refractivity contribution in [2.75, 3.05) is 26.6 Å². The van der Waals surface area contributed by atoms with Gasteiger partial charge in [0.1, 0.15) is 38.1 Å². The molecule has 2 aromatic heterocycles. The summed E-state index contributed by atoms with van der Waals surface area (Å²) in [6.07, 6.45) is 5.44. The van der Waals surface area contributed by atoms with Crippen molar-refractivity contribution >= 4 is 76.3 Å². The molecule has 294 valence electrons. The summed E-state index contributed by atoms with van der Waals surface area (Å²) in [5.41, 5.74) is 6.61. The van der Waals surface area contributed by atoms with Gasteiger partial charge in [-0.2, -0.15) is 0 Å². The van der Waals surface area contributed by atoms with E-state index in [9.17, 15) is 4.79 Å². The van der Waals surface area contributed by atoms with E-state index >= 15 is 0 Å². The number of nitrogens with one attached hydrogen (secondary N) is 2. The quantitative estimate of drug-likeness (QED) is 0.153. The first-order valence-corrected chi connectivity index (χ1v) is 21.1. The van der Waals surface area contributed by atoms with Crippen molar-refractivity contribution in [2.24, 2.45) is 4.99 Å². The maximum absolute atomic E-state index is 11.1. The lowest BCUT2D eigenvalue weighted by Gasteiger charge is -2.18. The van der Waals surface area contributed by atoms with E-state index in [1.807, 2.05) is 72.8 Å². The standard InChI is InChI=1S/C17H15BrN2O.C16H15Br2N3O.C11H13NO2/c1-21-16-5-3-2-4-12(16)14-8-9-17-19-13-7-6-11(18)10-15(13)20(14)17;1-22-13-5-3-2-4-10(13)11-7-9-15(19-11)20-12-6-8-14(17)21-16(12)18;1-14-10-5-3-2-4-8(10)9-6-7-11(13)12-9/h2-7,10,14H,8-9H2,1H3;2-6,8,11H,7,9H2,1H3,(H,19,20);2-5,9H,6-7H2,1H3,(H,12,13). The number of carbonyl (C=O) groups excluding carboxylic acids is 1. The Hall–Kier alpha value is -4.72. The summed E-state index contributed by atoms with van der Waals surface area (Å²) >= 11 is 10.4. The van der Waals surface area contributed by atoms with Gasteiger partial charge in [0.2, 0.25) is 5.91 Å². The van der Waals surface area contributed by atoms with Crippen molar-refractivity contribution in [3.8, 4) is 17.2 Å². The third-order valence-corrected chi connectivity index (χ3v) is 11.8. The Morgan fingerprint density at radius 1 is 0.702 bits per heavy atom. The Kier molecular flexibility index (Phi) is 13.3. The van der Waals surface area contributed by atoms with E-state index in [4.69, 9.17) is 24.2 Å². The summed E-state index contributed by atoms with van der Waals surface area (Å²) in [6, 6.07) is 34.8. The third kappa shape index (κ3) is 9.37. The largest absolute Gasteiger partial charge is 0.496 e. The summed E-state index contributed by atoms with van der Waals surface area (Å²) in [5.74, 6) is 4.96. The highest BCUT2D eigenvalue weighted by atomic mass is 79.9. The Labute approximate surface area is 357 Å². The highest BCUT2D eigenvalue weighted by molar-refractivity contribution is 9.11. The number of rotatable bonds is 7. The lowest BCUT2D eigenvalue weighted by Crippen LogP contribution is -2.18. The summed E-state index contributed by atoms with van der Waals surface area (Å²) < 4.78 is 21.2. The van der Waals surface area contributed by atoms with Crippen molar-refractivity contribution in [3.05, 3.63) is 139 Å². The van der Waals surface area contributed by atoms with Gasteiger partial charge < -0.3 is 29.4 Å². The number of fused-ring (bicyclic) bond motifs is 3.